The molecule has 12 heteroatoms. The summed E-state index contributed by atoms with van der Waals surface area (Å²) < 4.78 is 4.95. The maximum Gasteiger partial charge on any atom is 0.311 e. The first kappa shape index (κ1) is 23.7. The Morgan fingerprint density at radius 1 is 1.18 bits per heavy atom. The number of anilines is 1. The zero-order valence-electron chi connectivity index (χ0n) is 17.4. The van der Waals surface area contributed by atoms with Crippen molar-refractivity contribution in [2.24, 2.45) is 5.92 Å². The van der Waals surface area contributed by atoms with Crippen LogP contribution in [0.2, 0.25) is 5.02 Å². The molecule has 1 atom stereocenters. The Hall–Kier alpha value is -3.99. The molecule has 2 aromatic rings. The Balaban J connectivity index is 1.50. The number of carbonyl (C=O) groups excluding carboxylic acids is 4. The molecule has 1 heterocycles. The van der Waals surface area contributed by atoms with Gasteiger partial charge in [0.2, 0.25) is 5.91 Å². The minimum Gasteiger partial charge on any atom is -0.455 e. The van der Waals surface area contributed by atoms with Gasteiger partial charge in [-0.15, -0.1) is 0 Å². The van der Waals surface area contributed by atoms with Crippen LogP contribution in [-0.4, -0.2) is 41.8 Å². The van der Waals surface area contributed by atoms with E-state index in [1.165, 1.54) is 41.3 Å². The largest absolute Gasteiger partial charge is 0.455 e. The number of nitro groups is 1. The molecule has 2 aromatic carbocycles. The van der Waals surface area contributed by atoms with E-state index in [1.54, 1.807) is 13.0 Å². The summed E-state index contributed by atoms with van der Waals surface area (Å²) in [5.41, 5.74) is 5.17. The molecule has 1 aliphatic rings. The topological polar surface area (TPSA) is 148 Å². The summed E-state index contributed by atoms with van der Waals surface area (Å²) in [7, 11) is 0. The number of nitro benzene ring substituents is 1. The summed E-state index contributed by atoms with van der Waals surface area (Å²) in [5.74, 6) is -3.37. The number of nitrogens with zero attached hydrogens (tertiary/aromatic N) is 2. The first-order chi connectivity index (χ1) is 15.7. The molecule has 1 fully saturated rings. The lowest BCUT2D eigenvalue weighted by Crippen LogP contribution is -2.43. The highest BCUT2D eigenvalue weighted by atomic mass is 35.5. The molecular weight excluding hydrogens is 456 g/mol. The van der Waals surface area contributed by atoms with Crippen molar-refractivity contribution in [3.63, 3.8) is 0 Å². The Morgan fingerprint density at radius 3 is 2.55 bits per heavy atom. The van der Waals surface area contributed by atoms with Crippen LogP contribution in [0.1, 0.15) is 22.3 Å². The predicted molar refractivity (Wildman–Crippen MR) is 116 cm³/mol. The number of rotatable bonds is 6. The third-order valence-electron chi connectivity index (χ3n) is 4.93. The lowest BCUT2D eigenvalue weighted by Gasteiger charge is -2.16. The van der Waals surface area contributed by atoms with Crippen LogP contribution in [0.15, 0.2) is 42.5 Å². The first-order valence-corrected chi connectivity index (χ1v) is 10.1. The first-order valence-electron chi connectivity index (χ1n) is 9.72. The fraction of sp³-hybridized carbons (Fsp3) is 0.238. The van der Waals surface area contributed by atoms with Gasteiger partial charge in [-0.25, -0.2) is 0 Å². The fourth-order valence-corrected chi connectivity index (χ4v) is 3.29. The third-order valence-corrected chi connectivity index (χ3v) is 5.18. The van der Waals surface area contributed by atoms with Gasteiger partial charge in [-0.2, -0.15) is 0 Å². The molecule has 0 aliphatic carbocycles. The summed E-state index contributed by atoms with van der Waals surface area (Å²) in [6.07, 6.45) is -0.157. The number of aryl methyl sites for hydroxylation is 1. The molecule has 172 valence electrons. The Kier molecular flexibility index (Phi) is 7.23. The zero-order chi connectivity index (χ0) is 24.1. The molecule has 0 aromatic heterocycles. The number of hydrogen-bond donors (Lipinski definition) is 2. The Morgan fingerprint density at radius 2 is 1.88 bits per heavy atom. The van der Waals surface area contributed by atoms with Crippen LogP contribution in [0.4, 0.5) is 11.4 Å². The smallest absolute Gasteiger partial charge is 0.311 e. The summed E-state index contributed by atoms with van der Waals surface area (Å²) in [6, 6.07) is 10.3. The number of hydrogen-bond acceptors (Lipinski definition) is 7. The van der Waals surface area contributed by atoms with Crippen LogP contribution in [0.5, 0.6) is 0 Å². The van der Waals surface area contributed by atoms with Crippen molar-refractivity contribution in [3.8, 4) is 0 Å². The van der Waals surface area contributed by atoms with E-state index in [9.17, 15) is 29.3 Å². The maximum absolute atomic E-state index is 12.3. The number of hydrazine groups is 1. The van der Waals surface area contributed by atoms with Crippen molar-refractivity contribution >= 4 is 46.7 Å². The number of halogens is 1. The molecule has 0 bridgehead atoms. The molecule has 2 N–H and O–H groups in total. The third kappa shape index (κ3) is 5.83. The normalized spacial score (nSPS) is 15.2. The second kappa shape index (κ2) is 10.1. The Labute approximate surface area is 192 Å². The molecule has 11 nitrogen and oxygen atoms in total. The quantitative estimate of drug-likeness (QED) is 0.369. The van der Waals surface area contributed by atoms with Crippen molar-refractivity contribution < 1.29 is 28.8 Å². The summed E-state index contributed by atoms with van der Waals surface area (Å²) in [4.78, 5) is 60.3. The molecule has 0 spiro atoms. The molecule has 1 saturated heterocycles. The SMILES string of the molecule is Cc1ccc(N2C[C@@H](C(=O)OCC(=O)NNC(=O)c3ccc(Cl)cc3)CC2=O)cc1[N+](=O)[O-]. The van der Waals surface area contributed by atoms with Gasteiger partial charge in [-0.05, 0) is 37.3 Å². The van der Waals surface area contributed by atoms with E-state index in [2.05, 4.69) is 10.9 Å². The van der Waals surface area contributed by atoms with Crippen molar-refractivity contribution in [1.82, 2.24) is 10.9 Å². The lowest BCUT2D eigenvalue weighted by molar-refractivity contribution is -0.385. The van der Waals surface area contributed by atoms with E-state index in [4.69, 9.17) is 16.3 Å². The number of benzene rings is 2. The maximum atomic E-state index is 12.3. The van der Waals surface area contributed by atoms with E-state index >= 15 is 0 Å². The van der Waals surface area contributed by atoms with Gasteiger partial charge in [0.05, 0.1) is 16.5 Å². The standard InChI is InChI=1S/C21H19ClN4O7/c1-12-2-7-16(9-17(12)26(31)32)25-10-14(8-19(25)28)21(30)33-11-18(27)23-24-20(29)13-3-5-15(22)6-4-13/h2-7,9,14H,8,10-11H2,1H3,(H,23,27)(H,24,29)/t14-/m0/s1. The van der Waals surface area contributed by atoms with Crippen molar-refractivity contribution in [2.45, 2.75) is 13.3 Å². The molecule has 33 heavy (non-hydrogen) atoms. The lowest BCUT2D eigenvalue weighted by atomic mass is 10.1. The number of amides is 3. The predicted octanol–water partition coefficient (Wildman–Crippen LogP) is 1.91. The highest BCUT2D eigenvalue weighted by molar-refractivity contribution is 6.30. The summed E-state index contributed by atoms with van der Waals surface area (Å²) >= 11 is 5.75. The number of ether oxygens (including phenoxy) is 1. The van der Waals surface area contributed by atoms with Crippen LogP contribution < -0.4 is 15.8 Å². The van der Waals surface area contributed by atoms with Crippen LogP contribution in [0.25, 0.3) is 0 Å². The monoisotopic (exact) mass is 474 g/mol. The number of esters is 1. The van der Waals surface area contributed by atoms with Crippen molar-refractivity contribution in [3.05, 3.63) is 68.7 Å². The van der Waals surface area contributed by atoms with Gasteiger partial charge in [-0.3, -0.25) is 40.1 Å². The molecule has 0 unspecified atom stereocenters. The van der Waals surface area contributed by atoms with Gasteiger partial charge >= 0.3 is 5.97 Å². The van der Waals surface area contributed by atoms with Gasteiger partial charge in [0, 0.05) is 35.2 Å². The van der Waals surface area contributed by atoms with Crippen LogP contribution in [-0.2, 0) is 19.1 Å². The van der Waals surface area contributed by atoms with Crippen LogP contribution >= 0.6 is 11.6 Å². The van der Waals surface area contributed by atoms with Gasteiger partial charge in [0.25, 0.3) is 17.5 Å². The molecule has 3 rings (SSSR count). The van der Waals surface area contributed by atoms with E-state index in [0.29, 0.717) is 16.3 Å². The fourth-order valence-electron chi connectivity index (χ4n) is 3.17. The van der Waals surface area contributed by atoms with E-state index in [0.717, 1.165) is 0 Å². The van der Waals surface area contributed by atoms with E-state index in [1.807, 2.05) is 0 Å². The number of carbonyl (C=O) groups is 4. The van der Waals surface area contributed by atoms with Crippen LogP contribution in [0, 0.1) is 23.0 Å². The second-order valence-electron chi connectivity index (χ2n) is 7.25. The highest BCUT2D eigenvalue weighted by Gasteiger charge is 2.37. The van der Waals surface area contributed by atoms with Gasteiger partial charge in [0.1, 0.15) is 0 Å². The van der Waals surface area contributed by atoms with Gasteiger partial charge in [0.15, 0.2) is 6.61 Å². The zero-order valence-corrected chi connectivity index (χ0v) is 18.1. The average molecular weight is 475 g/mol. The van der Waals surface area contributed by atoms with Crippen molar-refractivity contribution in [2.75, 3.05) is 18.1 Å². The summed E-state index contributed by atoms with van der Waals surface area (Å²) in [6.45, 7) is 0.879. The molecule has 0 saturated carbocycles. The van der Waals surface area contributed by atoms with E-state index < -0.39 is 41.1 Å². The average Bonchev–Trinajstić information content (AvgIpc) is 3.18. The molecular formula is C21H19ClN4O7. The molecule has 0 radical (unpaired) electrons. The van der Waals surface area contributed by atoms with Gasteiger partial charge in [-0.1, -0.05) is 17.7 Å². The van der Waals surface area contributed by atoms with E-state index in [-0.39, 0.29) is 24.2 Å². The summed E-state index contributed by atoms with van der Waals surface area (Å²) in [5, 5.41) is 11.6. The van der Waals surface area contributed by atoms with Crippen LogP contribution in [0.3, 0.4) is 0 Å². The minimum absolute atomic E-state index is 0.0349. The molecule has 3 amide bonds. The minimum atomic E-state index is -0.839. The Bertz CT molecular complexity index is 1120. The number of nitrogens with one attached hydrogen (secondary N) is 2. The highest BCUT2D eigenvalue weighted by Crippen LogP contribution is 2.30. The second-order valence-corrected chi connectivity index (χ2v) is 7.69. The van der Waals surface area contributed by atoms with Gasteiger partial charge < -0.3 is 9.64 Å². The van der Waals surface area contributed by atoms with Crippen molar-refractivity contribution in [1.29, 1.82) is 0 Å². The molecule has 1 aliphatic heterocycles.